The van der Waals surface area contributed by atoms with E-state index in [-0.39, 0.29) is 18.1 Å². The molecule has 1 heterocycles. The number of hydrogen-bond acceptors (Lipinski definition) is 3. The van der Waals surface area contributed by atoms with E-state index in [0.717, 1.165) is 6.42 Å². The molecule has 7 heteroatoms. The molecule has 2 N–H and O–H groups in total. The van der Waals surface area contributed by atoms with Crippen molar-refractivity contribution < 1.29 is 18.7 Å². The molecule has 0 saturated carbocycles. The van der Waals surface area contributed by atoms with Gasteiger partial charge >= 0.3 is 7.75 Å². The highest BCUT2D eigenvalue weighted by Gasteiger charge is 2.34. The van der Waals surface area contributed by atoms with Crippen LogP contribution in [-0.2, 0) is 13.8 Å². The van der Waals surface area contributed by atoms with Crippen molar-refractivity contribution in [2.75, 3.05) is 7.11 Å². The minimum absolute atomic E-state index is 0.0503. The fourth-order valence-corrected chi connectivity index (χ4v) is 2.33. The van der Waals surface area contributed by atoms with Crippen LogP contribution in [0.4, 0.5) is 0 Å². The minimum Gasteiger partial charge on any atom is -0.383 e. The summed E-state index contributed by atoms with van der Waals surface area (Å²) in [4.78, 5) is 9.15. The van der Waals surface area contributed by atoms with Gasteiger partial charge in [-0.05, 0) is 13.3 Å². The number of rotatable bonds is 3. The lowest BCUT2D eigenvalue weighted by atomic mass is 9.95. The molecule has 0 aromatic rings. The van der Waals surface area contributed by atoms with Gasteiger partial charge in [0.2, 0.25) is 0 Å². The van der Waals surface area contributed by atoms with Crippen molar-refractivity contribution in [2.24, 2.45) is 0 Å². The van der Waals surface area contributed by atoms with E-state index < -0.39 is 7.75 Å². The van der Waals surface area contributed by atoms with Gasteiger partial charge in [0.05, 0.1) is 6.10 Å². The van der Waals surface area contributed by atoms with Crippen LogP contribution >= 0.6 is 7.75 Å². The Bertz CT molecular complexity index is 227. The molecule has 0 spiro atoms. The highest BCUT2D eigenvalue weighted by atomic mass is 31.2. The molecule has 1 aliphatic rings. The molecule has 76 valence electrons. The number of ether oxygens (including phenoxy) is 1. The summed E-state index contributed by atoms with van der Waals surface area (Å²) in [7, 11) is -0.473. The van der Waals surface area contributed by atoms with Gasteiger partial charge < -0.3 is 14.2 Å². The third-order valence-electron chi connectivity index (χ3n) is 2.18. The van der Waals surface area contributed by atoms with Crippen LogP contribution in [0.15, 0.2) is 0 Å². The highest BCUT2D eigenvalue weighted by molar-refractivity contribution is 7.50. The Labute approximate surface area is 78.8 Å². The molecule has 4 atom stereocenters. The summed E-state index contributed by atoms with van der Waals surface area (Å²) >= 11 is 0. The quantitative estimate of drug-likeness (QED) is 0.480. The summed E-state index contributed by atoms with van der Waals surface area (Å²) in [6.45, 7) is 1.87. The van der Waals surface area contributed by atoms with Crippen molar-refractivity contribution in [3.63, 3.8) is 0 Å². The van der Waals surface area contributed by atoms with E-state index in [9.17, 15) is 4.57 Å². The maximum absolute atomic E-state index is 11.2. The fourth-order valence-electron chi connectivity index (χ4n) is 1.49. The summed E-state index contributed by atoms with van der Waals surface area (Å²) in [5, 5.41) is 2.55. The van der Waals surface area contributed by atoms with Gasteiger partial charge in [0.1, 0.15) is 7.85 Å². The molecule has 1 saturated heterocycles. The van der Waals surface area contributed by atoms with Gasteiger partial charge in [0.15, 0.2) is 0 Å². The third kappa shape index (κ3) is 3.07. The van der Waals surface area contributed by atoms with Gasteiger partial charge in [0, 0.05) is 19.2 Å². The molecule has 5 nitrogen and oxygen atoms in total. The lowest BCUT2D eigenvalue weighted by Gasteiger charge is -2.18. The van der Waals surface area contributed by atoms with Crippen LogP contribution < -0.4 is 5.09 Å². The van der Waals surface area contributed by atoms with Gasteiger partial charge in [-0.15, -0.1) is 0 Å². The van der Waals surface area contributed by atoms with Crippen LogP contribution in [0.1, 0.15) is 13.3 Å². The van der Waals surface area contributed by atoms with E-state index in [4.69, 9.17) is 9.63 Å². The first-order chi connectivity index (χ1) is 5.94. The first-order valence-corrected chi connectivity index (χ1v) is 5.84. The molecule has 0 bridgehead atoms. The number of hydrogen-bond donors (Lipinski definition) is 2. The van der Waals surface area contributed by atoms with E-state index in [2.05, 4.69) is 9.61 Å². The van der Waals surface area contributed by atoms with Gasteiger partial charge in [-0.1, -0.05) is 0 Å². The Morgan fingerprint density at radius 1 is 1.77 bits per heavy atom. The lowest BCUT2D eigenvalue weighted by molar-refractivity contribution is 0.0930. The molecule has 0 aromatic carbocycles. The molecule has 1 aliphatic heterocycles. The molecule has 0 radical (unpaired) electrons. The van der Waals surface area contributed by atoms with Crippen molar-refractivity contribution in [3.8, 4) is 0 Å². The molecule has 2 unspecified atom stereocenters. The molecule has 1 fully saturated rings. The Hall–Kier alpha value is 0.135. The fraction of sp³-hybridized carbons (Fsp3) is 1.00. The average Bonchev–Trinajstić information content (AvgIpc) is 2.30. The summed E-state index contributed by atoms with van der Waals surface area (Å²) < 4.78 is 21.0. The van der Waals surface area contributed by atoms with E-state index in [1.165, 1.54) is 7.11 Å². The van der Waals surface area contributed by atoms with Gasteiger partial charge in [-0.3, -0.25) is 0 Å². The van der Waals surface area contributed by atoms with E-state index in [1.54, 1.807) is 0 Å². The maximum Gasteiger partial charge on any atom is 0.403 e. The SMILES string of the molecule is B[C@H]1C[C@@H](NP(=O)(O)OC)C(C)O1. The second-order valence-electron chi connectivity index (χ2n) is 3.33. The second kappa shape index (κ2) is 4.11. The molecular weight excluding hydrogens is 192 g/mol. The third-order valence-corrected chi connectivity index (χ3v) is 3.33. The second-order valence-corrected chi connectivity index (χ2v) is 4.99. The zero-order valence-corrected chi connectivity index (χ0v) is 8.95. The lowest BCUT2D eigenvalue weighted by Crippen LogP contribution is -2.32. The Kier molecular flexibility index (Phi) is 3.54. The average molecular weight is 207 g/mol. The van der Waals surface area contributed by atoms with E-state index >= 15 is 0 Å². The summed E-state index contributed by atoms with van der Waals surface area (Å²) in [5.74, 6) is 0. The minimum atomic E-state index is -3.62. The summed E-state index contributed by atoms with van der Waals surface area (Å²) in [6.07, 6.45) is 0.681. The molecule has 1 rings (SSSR count). The molecule has 0 aromatic heterocycles. The molecule has 0 amide bonds. The van der Waals surface area contributed by atoms with Crippen LogP contribution in [0.2, 0.25) is 0 Å². The zero-order chi connectivity index (χ0) is 10.1. The van der Waals surface area contributed by atoms with Crippen LogP contribution in [0.3, 0.4) is 0 Å². The van der Waals surface area contributed by atoms with Crippen LogP contribution in [0.5, 0.6) is 0 Å². The van der Waals surface area contributed by atoms with Crippen LogP contribution in [0.25, 0.3) is 0 Å². The Balaban J connectivity index is 2.50. The molecular formula is C6H15BNO4P. The van der Waals surface area contributed by atoms with Gasteiger partial charge in [-0.2, -0.15) is 0 Å². The van der Waals surface area contributed by atoms with Crippen molar-refractivity contribution in [1.29, 1.82) is 0 Å². The largest absolute Gasteiger partial charge is 0.403 e. The van der Waals surface area contributed by atoms with Crippen LogP contribution in [-0.4, -0.2) is 38.0 Å². The molecule has 13 heavy (non-hydrogen) atoms. The van der Waals surface area contributed by atoms with E-state index in [1.807, 2.05) is 14.8 Å². The van der Waals surface area contributed by atoms with Crippen molar-refractivity contribution in [1.82, 2.24) is 5.09 Å². The van der Waals surface area contributed by atoms with Crippen LogP contribution in [0, 0.1) is 0 Å². The van der Waals surface area contributed by atoms with E-state index in [0.29, 0.717) is 0 Å². The Morgan fingerprint density at radius 3 is 2.77 bits per heavy atom. The summed E-state index contributed by atoms with van der Waals surface area (Å²) in [6, 6.07) is 0.0233. The van der Waals surface area contributed by atoms with Crippen molar-refractivity contribution >= 4 is 15.6 Å². The first kappa shape index (κ1) is 11.2. The predicted molar refractivity (Wildman–Crippen MR) is 51.3 cm³/mol. The van der Waals surface area contributed by atoms with Crippen molar-refractivity contribution in [2.45, 2.75) is 31.5 Å². The highest BCUT2D eigenvalue weighted by Crippen LogP contribution is 2.38. The van der Waals surface area contributed by atoms with Gasteiger partial charge in [-0.25, -0.2) is 9.65 Å². The monoisotopic (exact) mass is 207 g/mol. The standard InChI is InChI=1S/C6H15BNO4P/c1-4-5(3-6(7)12-4)8-13(9,10)11-2/h4-6H,3,7H2,1-2H3,(H2,8,9,10)/t4?,5-,6-/m1/s1. The topological polar surface area (TPSA) is 67.8 Å². The Morgan fingerprint density at radius 2 is 2.38 bits per heavy atom. The zero-order valence-electron chi connectivity index (χ0n) is 8.06. The summed E-state index contributed by atoms with van der Waals surface area (Å²) in [5.41, 5.74) is 0. The maximum atomic E-state index is 11.2. The first-order valence-electron chi connectivity index (χ1n) is 4.26. The molecule has 0 aliphatic carbocycles. The van der Waals surface area contributed by atoms with Crippen molar-refractivity contribution in [3.05, 3.63) is 0 Å². The normalized spacial score (nSPS) is 38.8. The number of nitrogens with one attached hydrogen (secondary N) is 1. The van der Waals surface area contributed by atoms with Gasteiger partial charge in [0.25, 0.3) is 0 Å². The predicted octanol–water partition coefficient (Wildman–Crippen LogP) is -0.541. The smallest absolute Gasteiger partial charge is 0.383 e.